The molecule has 0 saturated carbocycles. The van der Waals surface area contributed by atoms with Crippen molar-refractivity contribution >= 4 is 19.9 Å². The summed E-state index contributed by atoms with van der Waals surface area (Å²) in [5, 5.41) is -0.926. The van der Waals surface area contributed by atoms with E-state index in [4.69, 9.17) is 5.73 Å². The van der Waals surface area contributed by atoms with E-state index in [2.05, 4.69) is 16.6 Å². The fraction of sp³-hybridized carbons (Fsp3) is 0.385. The molecule has 0 spiro atoms. The van der Waals surface area contributed by atoms with Crippen LogP contribution in [0.1, 0.15) is 24.1 Å². The molecule has 0 bridgehead atoms. The van der Waals surface area contributed by atoms with Crippen molar-refractivity contribution in [3.8, 4) is 11.8 Å². The maximum atomic E-state index is 11.7. The smallest absolute Gasteiger partial charge is 0.226 e. The summed E-state index contributed by atoms with van der Waals surface area (Å²) in [6.07, 6.45) is 0.877. The Morgan fingerprint density at radius 2 is 1.76 bits per heavy atom. The molecule has 0 aliphatic carbocycles. The standard InChI is InChI=1S/C13H18N2O4S2/c1-11(15-21(18,19)10-20(2,16)17)13-7-5-12(6-8-13)4-3-9-14/h5-8,11,15H,9-10,14H2,1-2H3. The molecule has 1 aromatic rings. The van der Waals surface area contributed by atoms with Crippen LogP contribution < -0.4 is 10.5 Å². The lowest BCUT2D eigenvalue weighted by Gasteiger charge is -2.14. The molecular weight excluding hydrogens is 312 g/mol. The van der Waals surface area contributed by atoms with Crippen molar-refractivity contribution in [3.05, 3.63) is 35.4 Å². The first-order chi connectivity index (χ1) is 9.63. The maximum absolute atomic E-state index is 11.7. The van der Waals surface area contributed by atoms with Crippen LogP contribution in [-0.2, 0) is 19.9 Å². The summed E-state index contributed by atoms with van der Waals surface area (Å²) in [6.45, 7) is 1.91. The minimum Gasteiger partial charge on any atom is -0.320 e. The van der Waals surface area contributed by atoms with Gasteiger partial charge in [-0.25, -0.2) is 21.6 Å². The molecule has 0 heterocycles. The summed E-state index contributed by atoms with van der Waals surface area (Å²) in [5.41, 5.74) is 6.76. The second kappa shape index (κ2) is 7.04. The number of sulfone groups is 1. The van der Waals surface area contributed by atoms with Crippen molar-refractivity contribution in [2.75, 3.05) is 17.9 Å². The van der Waals surface area contributed by atoms with Crippen LogP contribution in [0.4, 0.5) is 0 Å². The van der Waals surface area contributed by atoms with Crippen LogP contribution in [-0.4, -0.2) is 34.7 Å². The maximum Gasteiger partial charge on any atom is 0.226 e. The quantitative estimate of drug-likeness (QED) is 0.738. The molecule has 0 saturated heterocycles. The molecule has 1 aromatic carbocycles. The molecule has 1 atom stereocenters. The third-order valence-corrected chi connectivity index (χ3v) is 6.14. The highest BCUT2D eigenvalue weighted by Gasteiger charge is 2.21. The minimum absolute atomic E-state index is 0.267. The number of nitrogens with two attached hydrogens (primary N) is 1. The van der Waals surface area contributed by atoms with E-state index < -0.39 is 31.0 Å². The fourth-order valence-corrected chi connectivity index (χ4v) is 4.86. The molecular formula is C13H18N2O4S2. The summed E-state index contributed by atoms with van der Waals surface area (Å²) in [4.78, 5) is 0. The number of benzene rings is 1. The Morgan fingerprint density at radius 1 is 1.19 bits per heavy atom. The number of hydrogen-bond acceptors (Lipinski definition) is 5. The van der Waals surface area contributed by atoms with Gasteiger partial charge in [0.15, 0.2) is 14.9 Å². The van der Waals surface area contributed by atoms with Crippen LogP contribution in [0.15, 0.2) is 24.3 Å². The zero-order chi connectivity index (χ0) is 16.1. The molecule has 8 heteroatoms. The van der Waals surface area contributed by atoms with E-state index in [1.807, 2.05) is 0 Å². The van der Waals surface area contributed by atoms with Gasteiger partial charge >= 0.3 is 0 Å². The van der Waals surface area contributed by atoms with Crippen molar-refractivity contribution < 1.29 is 16.8 Å². The Labute approximate surface area is 125 Å². The third-order valence-electron chi connectivity index (χ3n) is 2.47. The van der Waals surface area contributed by atoms with Gasteiger partial charge in [-0.3, -0.25) is 0 Å². The van der Waals surface area contributed by atoms with Gasteiger partial charge in [0, 0.05) is 17.9 Å². The van der Waals surface area contributed by atoms with Gasteiger partial charge in [-0.05, 0) is 24.6 Å². The Hall–Kier alpha value is -1.40. The molecule has 0 fully saturated rings. The van der Waals surface area contributed by atoms with Crippen LogP contribution in [0.25, 0.3) is 0 Å². The first-order valence-electron chi connectivity index (χ1n) is 6.09. The van der Waals surface area contributed by atoms with Gasteiger partial charge in [-0.1, -0.05) is 24.0 Å². The molecule has 0 aromatic heterocycles. The molecule has 6 nitrogen and oxygen atoms in total. The average Bonchev–Trinajstić information content (AvgIpc) is 2.33. The second-order valence-corrected chi connectivity index (χ2v) is 8.89. The van der Waals surface area contributed by atoms with Crippen molar-refractivity contribution in [3.63, 3.8) is 0 Å². The summed E-state index contributed by atoms with van der Waals surface area (Å²) in [6, 6.07) is 6.43. The lowest BCUT2D eigenvalue weighted by Crippen LogP contribution is -2.31. The molecule has 116 valence electrons. The summed E-state index contributed by atoms with van der Waals surface area (Å²) < 4.78 is 47.9. The lowest BCUT2D eigenvalue weighted by atomic mass is 10.1. The van der Waals surface area contributed by atoms with Crippen LogP contribution in [0.2, 0.25) is 0 Å². The number of hydrogen-bond donors (Lipinski definition) is 2. The van der Waals surface area contributed by atoms with Crippen LogP contribution >= 0.6 is 0 Å². The van der Waals surface area contributed by atoms with E-state index in [9.17, 15) is 16.8 Å². The fourth-order valence-electron chi connectivity index (χ4n) is 1.66. The highest BCUT2D eigenvalue weighted by molar-refractivity contribution is 8.06. The summed E-state index contributed by atoms with van der Waals surface area (Å²) in [5.74, 6) is 5.57. The van der Waals surface area contributed by atoms with Crippen LogP contribution in [0.3, 0.4) is 0 Å². The number of rotatable bonds is 5. The molecule has 21 heavy (non-hydrogen) atoms. The van der Waals surface area contributed by atoms with E-state index in [-0.39, 0.29) is 6.54 Å². The van der Waals surface area contributed by atoms with E-state index in [1.54, 1.807) is 31.2 Å². The van der Waals surface area contributed by atoms with Crippen molar-refractivity contribution in [2.45, 2.75) is 13.0 Å². The normalized spacial score (nSPS) is 13.3. The van der Waals surface area contributed by atoms with Gasteiger partial charge in [-0.15, -0.1) is 0 Å². The zero-order valence-corrected chi connectivity index (χ0v) is 13.5. The van der Waals surface area contributed by atoms with E-state index >= 15 is 0 Å². The lowest BCUT2D eigenvalue weighted by molar-refractivity contribution is 0.568. The molecule has 3 N–H and O–H groups in total. The summed E-state index contributed by atoms with van der Waals surface area (Å²) in [7, 11) is -7.50. The minimum atomic E-state index is -3.89. The van der Waals surface area contributed by atoms with Gasteiger partial charge < -0.3 is 5.73 Å². The number of nitrogens with one attached hydrogen (secondary N) is 1. The average molecular weight is 330 g/mol. The van der Waals surface area contributed by atoms with Crippen molar-refractivity contribution in [1.29, 1.82) is 0 Å². The molecule has 1 rings (SSSR count). The highest BCUT2D eigenvalue weighted by Crippen LogP contribution is 2.14. The van der Waals surface area contributed by atoms with Crippen molar-refractivity contribution in [1.82, 2.24) is 4.72 Å². The van der Waals surface area contributed by atoms with Gasteiger partial charge in [-0.2, -0.15) is 0 Å². The van der Waals surface area contributed by atoms with Gasteiger partial charge in [0.05, 0.1) is 6.54 Å². The Balaban J connectivity index is 2.82. The molecule has 1 unspecified atom stereocenters. The largest absolute Gasteiger partial charge is 0.320 e. The first-order valence-corrected chi connectivity index (χ1v) is 9.81. The third kappa shape index (κ3) is 6.73. The van der Waals surface area contributed by atoms with E-state index in [0.717, 1.165) is 11.8 Å². The summed E-state index contributed by atoms with van der Waals surface area (Å²) >= 11 is 0. The van der Waals surface area contributed by atoms with Gasteiger partial charge in [0.2, 0.25) is 10.0 Å². The number of sulfonamides is 1. The molecule has 0 radical (unpaired) electrons. The van der Waals surface area contributed by atoms with Gasteiger partial charge in [0.25, 0.3) is 0 Å². The van der Waals surface area contributed by atoms with E-state index in [0.29, 0.717) is 5.56 Å². The second-order valence-electron chi connectivity index (χ2n) is 4.63. The Kier molecular flexibility index (Phi) is 5.92. The van der Waals surface area contributed by atoms with Crippen molar-refractivity contribution in [2.24, 2.45) is 5.73 Å². The highest BCUT2D eigenvalue weighted by atomic mass is 32.3. The van der Waals surface area contributed by atoms with Crippen LogP contribution in [0.5, 0.6) is 0 Å². The molecule has 0 aliphatic rings. The predicted octanol–water partition coefficient (Wildman–Crippen LogP) is -0.0207. The first kappa shape index (κ1) is 17.7. The molecule has 0 aliphatic heterocycles. The Morgan fingerprint density at radius 3 is 2.24 bits per heavy atom. The predicted molar refractivity (Wildman–Crippen MR) is 82.6 cm³/mol. The monoisotopic (exact) mass is 330 g/mol. The van der Waals surface area contributed by atoms with E-state index in [1.165, 1.54) is 0 Å². The molecule has 0 amide bonds. The Bertz CT molecular complexity index is 742. The van der Waals surface area contributed by atoms with Gasteiger partial charge in [0.1, 0.15) is 0 Å². The SMILES string of the molecule is CC(NS(=O)(=O)CS(C)(=O)=O)c1ccc(C#CCN)cc1. The zero-order valence-electron chi connectivity index (χ0n) is 11.8. The topological polar surface area (TPSA) is 106 Å². The van der Waals surface area contributed by atoms with Crippen LogP contribution in [0, 0.1) is 11.8 Å².